The maximum atomic E-state index is 4.29. The number of rotatable bonds is 2. The van der Waals surface area contributed by atoms with Gasteiger partial charge in [0.2, 0.25) is 0 Å². The Morgan fingerprint density at radius 3 is 3.00 bits per heavy atom. The fourth-order valence-corrected chi connectivity index (χ4v) is 1.83. The number of nitrogens with zero attached hydrogens (tertiary/aromatic N) is 4. The number of aliphatic imine (C=N–C) groups is 1. The first-order valence-electron chi connectivity index (χ1n) is 4.36. The minimum absolute atomic E-state index is 0.694. The highest BCUT2D eigenvalue weighted by Crippen LogP contribution is 2.25. The molecule has 0 unspecified atom stereocenters. The van der Waals surface area contributed by atoms with Gasteiger partial charge in [-0.15, -0.1) is 0 Å². The van der Waals surface area contributed by atoms with E-state index in [1.54, 1.807) is 6.34 Å². The van der Waals surface area contributed by atoms with Crippen LogP contribution < -0.4 is 0 Å². The Labute approximate surface area is 101 Å². The van der Waals surface area contributed by atoms with Gasteiger partial charge in [-0.1, -0.05) is 0 Å². The summed E-state index contributed by atoms with van der Waals surface area (Å²) >= 11 is 2.24. The number of aromatic nitrogens is 3. The average molecular weight is 315 g/mol. The van der Waals surface area contributed by atoms with Gasteiger partial charge in [-0.2, -0.15) is 0 Å². The van der Waals surface area contributed by atoms with Crippen LogP contribution in [0.25, 0.3) is 11.0 Å². The van der Waals surface area contributed by atoms with E-state index in [-0.39, 0.29) is 0 Å². The van der Waals surface area contributed by atoms with E-state index in [2.05, 4.69) is 42.5 Å². The molecule has 0 aliphatic carbocycles. The Morgan fingerprint density at radius 2 is 2.27 bits per heavy atom. The number of hydrogen-bond acceptors (Lipinski definition) is 3. The monoisotopic (exact) mass is 315 g/mol. The van der Waals surface area contributed by atoms with Crippen LogP contribution in [-0.2, 0) is 0 Å². The smallest absolute Gasteiger partial charge is 0.167 e. The summed E-state index contributed by atoms with van der Waals surface area (Å²) in [6.45, 7) is 0. The predicted octanol–water partition coefficient (Wildman–Crippen LogP) is 1.78. The number of H-pyrrole nitrogens is 1. The Morgan fingerprint density at radius 1 is 1.47 bits per heavy atom. The first-order chi connectivity index (χ1) is 7.18. The lowest BCUT2D eigenvalue weighted by atomic mass is 10.4. The number of hydrogen-bond donors (Lipinski definition) is 1. The second-order valence-electron chi connectivity index (χ2n) is 3.27. The van der Waals surface area contributed by atoms with E-state index in [0.29, 0.717) is 5.82 Å². The van der Waals surface area contributed by atoms with Crippen molar-refractivity contribution in [2.24, 2.45) is 4.99 Å². The first kappa shape index (κ1) is 10.3. The molecule has 1 N–H and O–H groups in total. The quantitative estimate of drug-likeness (QED) is 0.522. The zero-order valence-corrected chi connectivity index (χ0v) is 10.6. The maximum absolute atomic E-state index is 4.29. The fourth-order valence-electron chi connectivity index (χ4n) is 1.18. The Hall–Kier alpha value is -1.18. The molecule has 0 aliphatic rings. The van der Waals surface area contributed by atoms with Gasteiger partial charge in [0.15, 0.2) is 5.82 Å². The molecule has 0 bridgehead atoms. The van der Waals surface area contributed by atoms with Gasteiger partial charge in [0, 0.05) is 23.9 Å². The summed E-state index contributed by atoms with van der Waals surface area (Å²) in [5, 5.41) is 0.969. The van der Waals surface area contributed by atoms with Crippen LogP contribution in [0.15, 0.2) is 17.5 Å². The highest BCUT2D eigenvalue weighted by atomic mass is 127. The van der Waals surface area contributed by atoms with Crippen LogP contribution in [-0.4, -0.2) is 40.3 Å². The summed E-state index contributed by atoms with van der Waals surface area (Å²) < 4.78 is 1.08. The molecule has 0 radical (unpaired) electrons. The molecular formula is C9H10IN5. The first-order valence-corrected chi connectivity index (χ1v) is 5.44. The highest BCUT2D eigenvalue weighted by Gasteiger charge is 2.07. The summed E-state index contributed by atoms with van der Waals surface area (Å²) in [5.41, 5.74) is 0.820. The van der Waals surface area contributed by atoms with Crippen LogP contribution in [0.4, 0.5) is 5.82 Å². The van der Waals surface area contributed by atoms with Gasteiger partial charge in [0.25, 0.3) is 0 Å². The molecule has 0 fully saturated rings. The zero-order chi connectivity index (χ0) is 10.8. The molecule has 0 saturated heterocycles. The van der Waals surface area contributed by atoms with Crippen LogP contribution in [0.5, 0.6) is 0 Å². The highest BCUT2D eigenvalue weighted by molar-refractivity contribution is 14.1. The third-order valence-electron chi connectivity index (χ3n) is 1.81. The minimum Gasteiger partial charge on any atom is -0.369 e. The molecule has 2 aromatic rings. The molecule has 0 saturated carbocycles. The normalized spacial score (nSPS) is 11.4. The van der Waals surface area contributed by atoms with Crippen LogP contribution in [0.1, 0.15) is 0 Å². The molecule has 0 amide bonds. The van der Waals surface area contributed by atoms with Crippen molar-refractivity contribution in [1.82, 2.24) is 19.9 Å². The zero-order valence-electron chi connectivity index (χ0n) is 8.40. The second kappa shape index (κ2) is 4.13. The maximum Gasteiger partial charge on any atom is 0.167 e. The summed E-state index contributed by atoms with van der Waals surface area (Å²) in [7, 11) is 3.84. The van der Waals surface area contributed by atoms with Crippen molar-refractivity contribution in [2.75, 3.05) is 14.1 Å². The van der Waals surface area contributed by atoms with Crippen molar-refractivity contribution < 1.29 is 0 Å². The van der Waals surface area contributed by atoms with E-state index in [9.17, 15) is 0 Å². The van der Waals surface area contributed by atoms with Crippen LogP contribution >= 0.6 is 22.6 Å². The van der Waals surface area contributed by atoms with E-state index >= 15 is 0 Å². The third-order valence-corrected chi connectivity index (χ3v) is 2.66. The van der Waals surface area contributed by atoms with E-state index in [0.717, 1.165) is 14.6 Å². The molecule has 78 valence electrons. The van der Waals surface area contributed by atoms with Crippen LogP contribution in [0.2, 0.25) is 0 Å². The van der Waals surface area contributed by atoms with Gasteiger partial charge in [0.05, 0.1) is 11.7 Å². The molecule has 15 heavy (non-hydrogen) atoms. The fraction of sp³-hybridized carbons (Fsp3) is 0.222. The van der Waals surface area contributed by atoms with E-state index < -0.39 is 0 Å². The standard InChI is InChI=1S/C9H10IN5/c1-15(2)5-14-9-7-6(10)3-11-8(7)12-4-13-9/h3-5H,1-2H3,(H,11,12,13). The topological polar surface area (TPSA) is 57.2 Å². The van der Waals surface area contributed by atoms with Crippen molar-refractivity contribution >= 4 is 45.8 Å². The van der Waals surface area contributed by atoms with E-state index in [1.807, 2.05) is 25.2 Å². The Kier molecular flexibility index (Phi) is 2.85. The second-order valence-corrected chi connectivity index (χ2v) is 4.43. The van der Waals surface area contributed by atoms with Gasteiger partial charge >= 0.3 is 0 Å². The molecule has 2 aromatic heterocycles. The van der Waals surface area contributed by atoms with Gasteiger partial charge in [-0.05, 0) is 22.6 Å². The minimum atomic E-state index is 0.694. The molecule has 0 aliphatic heterocycles. The molecule has 0 spiro atoms. The summed E-state index contributed by atoms with van der Waals surface area (Å²) in [5.74, 6) is 0.694. The largest absolute Gasteiger partial charge is 0.369 e. The number of nitrogens with one attached hydrogen (secondary N) is 1. The average Bonchev–Trinajstić information content (AvgIpc) is 2.58. The van der Waals surface area contributed by atoms with Gasteiger partial charge < -0.3 is 9.88 Å². The number of halogens is 1. The van der Waals surface area contributed by atoms with Gasteiger partial charge in [-0.25, -0.2) is 15.0 Å². The van der Waals surface area contributed by atoms with Crippen molar-refractivity contribution in [3.8, 4) is 0 Å². The number of aromatic amines is 1. The molecule has 2 rings (SSSR count). The SMILES string of the molecule is CN(C)C=Nc1ncnc2[nH]cc(I)c12. The molecule has 0 atom stereocenters. The lowest BCUT2D eigenvalue weighted by Gasteiger charge is -2.02. The molecule has 6 heteroatoms. The summed E-state index contributed by atoms with van der Waals surface area (Å²) in [6.07, 6.45) is 5.14. The Bertz CT molecular complexity index is 502. The van der Waals surface area contributed by atoms with Gasteiger partial charge in [-0.3, -0.25) is 0 Å². The molecule has 5 nitrogen and oxygen atoms in total. The van der Waals surface area contributed by atoms with Crippen molar-refractivity contribution in [2.45, 2.75) is 0 Å². The Balaban J connectivity index is 2.55. The van der Waals surface area contributed by atoms with Crippen LogP contribution in [0.3, 0.4) is 0 Å². The molecule has 0 aromatic carbocycles. The number of fused-ring (bicyclic) bond motifs is 1. The van der Waals surface area contributed by atoms with Crippen molar-refractivity contribution in [3.05, 3.63) is 16.1 Å². The van der Waals surface area contributed by atoms with Crippen LogP contribution in [0, 0.1) is 3.57 Å². The predicted molar refractivity (Wildman–Crippen MR) is 68.4 cm³/mol. The van der Waals surface area contributed by atoms with Gasteiger partial charge in [0.1, 0.15) is 12.0 Å². The van der Waals surface area contributed by atoms with Crippen molar-refractivity contribution in [1.29, 1.82) is 0 Å². The van der Waals surface area contributed by atoms with Crippen molar-refractivity contribution in [3.63, 3.8) is 0 Å². The third kappa shape index (κ3) is 2.09. The molecular weight excluding hydrogens is 305 g/mol. The summed E-state index contributed by atoms with van der Waals surface area (Å²) in [6, 6.07) is 0. The van der Waals surface area contributed by atoms with E-state index in [1.165, 1.54) is 6.33 Å². The lowest BCUT2D eigenvalue weighted by molar-refractivity contribution is 0.643. The molecule has 2 heterocycles. The van der Waals surface area contributed by atoms with E-state index in [4.69, 9.17) is 0 Å². The summed E-state index contributed by atoms with van der Waals surface area (Å²) in [4.78, 5) is 17.5. The lowest BCUT2D eigenvalue weighted by Crippen LogP contribution is -2.07.